The molecule has 8 nitrogen and oxygen atoms in total. The first-order valence-corrected chi connectivity index (χ1v) is 8.52. The van der Waals surface area contributed by atoms with Crippen molar-refractivity contribution in [3.8, 4) is 17.2 Å². The number of carbonyl (C=O) groups is 2. The summed E-state index contributed by atoms with van der Waals surface area (Å²) in [4.78, 5) is 23.7. The molecule has 0 bridgehead atoms. The molecule has 0 atom stereocenters. The summed E-state index contributed by atoms with van der Waals surface area (Å²) in [6, 6.07) is 8.09. The van der Waals surface area contributed by atoms with Crippen LogP contribution in [0, 0.1) is 0 Å². The van der Waals surface area contributed by atoms with Crippen molar-refractivity contribution in [3.05, 3.63) is 52.6 Å². The van der Waals surface area contributed by atoms with Crippen molar-refractivity contribution in [1.29, 1.82) is 0 Å². The maximum atomic E-state index is 12.2. The standard InChI is InChI=1S/C17H15N3O5S/c1-2-23-17(22)11-7-14(12-9-26-20-19-12)25-15(11)8-24-13-6-4-3-5-10(13)16(18)21/h3-7,9H,2,8H2,1H3,(H2,18,21). The number of primary amides is 1. The van der Waals surface area contributed by atoms with Gasteiger partial charge in [0.1, 0.15) is 23.6 Å². The summed E-state index contributed by atoms with van der Waals surface area (Å²) >= 11 is 1.16. The van der Waals surface area contributed by atoms with Gasteiger partial charge < -0.3 is 19.6 Å². The number of nitrogens with two attached hydrogens (primary N) is 1. The van der Waals surface area contributed by atoms with Crippen molar-refractivity contribution in [2.45, 2.75) is 13.5 Å². The Kier molecular flexibility index (Phi) is 5.28. The van der Waals surface area contributed by atoms with Crippen molar-refractivity contribution in [2.24, 2.45) is 5.73 Å². The van der Waals surface area contributed by atoms with Gasteiger partial charge in [0.15, 0.2) is 11.5 Å². The van der Waals surface area contributed by atoms with Crippen LogP contribution in [0.25, 0.3) is 11.5 Å². The van der Waals surface area contributed by atoms with Crippen molar-refractivity contribution < 1.29 is 23.5 Å². The van der Waals surface area contributed by atoms with Gasteiger partial charge >= 0.3 is 5.97 Å². The van der Waals surface area contributed by atoms with Crippen molar-refractivity contribution >= 4 is 23.4 Å². The lowest BCUT2D eigenvalue weighted by atomic mass is 10.2. The zero-order chi connectivity index (χ0) is 18.5. The third-order valence-corrected chi connectivity index (χ3v) is 3.93. The molecule has 1 amide bonds. The van der Waals surface area contributed by atoms with E-state index < -0.39 is 11.9 Å². The second-order valence-corrected chi connectivity index (χ2v) is 5.72. The van der Waals surface area contributed by atoms with Gasteiger partial charge in [-0.05, 0) is 30.6 Å². The fourth-order valence-electron chi connectivity index (χ4n) is 2.26. The fraction of sp³-hybridized carbons (Fsp3) is 0.176. The number of amides is 1. The minimum Gasteiger partial charge on any atom is -0.485 e. The van der Waals surface area contributed by atoms with E-state index in [1.165, 1.54) is 6.07 Å². The number of nitrogens with zero attached hydrogens (tertiary/aromatic N) is 2. The van der Waals surface area contributed by atoms with Crippen LogP contribution in [-0.4, -0.2) is 28.1 Å². The highest BCUT2D eigenvalue weighted by molar-refractivity contribution is 7.03. The van der Waals surface area contributed by atoms with Gasteiger partial charge in [-0.3, -0.25) is 4.79 Å². The van der Waals surface area contributed by atoms with E-state index in [1.54, 1.807) is 36.6 Å². The largest absolute Gasteiger partial charge is 0.485 e. The van der Waals surface area contributed by atoms with E-state index in [1.807, 2.05) is 0 Å². The number of carbonyl (C=O) groups excluding carboxylic acids is 2. The lowest BCUT2D eigenvalue weighted by Crippen LogP contribution is -2.13. The smallest absolute Gasteiger partial charge is 0.341 e. The average Bonchev–Trinajstić information content (AvgIpc) is 3.30. The molecule has 26 heavy (non-hydrogen) atoms. The summed E-state index contributed by atoms with van der Waals surface area (Å²) in [7, 11) is 0. The van der Waals surface area contributed by atoms with E-state index in [2.05, 4.69) is 9.59 Å². The number of esters is 1. The first-order valence-electron chi connectivity index (χ1n) is 7.69. The zero-order valence-electron chi connectivity index (χ0n) is 13.8. The van der Waals surface area contributed by atoms with Crippen LogP contribution in [0.2, 0.25) is 0 Å². The molecular formula is C17H15N3O5S. The zero-order valence-corrected chi connectivity index (χ0v) is 14.6. The Morgan fingerprint density at radius 3 is 2.77 bits per heavy atom. The summed E-state index contributed by atoms with van der Waals surface area (Å²) in [5.74, 6) is -0.218. The molecule has 0 fully saturated rings. The highest BCUT2D eigenvalue weighted by Gasteiger charge is 2.22. The Hall–Kier alpha value is -3.20. The number of hydrogen-bond acceptors (Lipinski definition) is 8. The van der Waals surface area contributed by atoms with Crippen LogP contribution in [0.3, 0.4) is 0 Å². The Morgan fingerprint density at radius 1 is 1.27 bits per heavy atom. The monoisotopic (exact) mass is 373 g/mol. The Balaban J connectivity index is 1.89. The van der Waals surface area contributed by atoms with Gasteiger partial charge in [0.05, 0.1) is 12.2 Å². The average molecular weight is 373 g/mol. The summed E-state index contributed by atoms with van der Waals surface area (Å²) in [6.07, 6.45) is 0. The van der Waals surface area contributed by atoms with E-state index in [0.717, 1.165) is 11.5 Å². The molecule has 9 heteroatoms. The lowest BCUT2D eigenvalue weighted by Gasteiger charge is -2.09. The molecule has 3 aromatic rings. The van der Waals surface area contributed by atoms with E-state index in [4.69, 9.17) is 19.6 Å². The van der Waals surface area contributed by atoms with Crippen molar-refractivity contribution in [2.75, 3.05) is 6.61 Å². The molecule has 0 aliphatic heterocycles. The van der Waals surface area contributed by atoms with Crippen LogP contribution in [0.1, 0.15) is 33.4 Å². The minimum absolute atomic E-state index is 0.0873. The molecule has 2 heterocycles. The normalized spacial score (nSPS) is 10.5. The van der Waals surface area contributed by atoms with Gasteiger partial charge in [-0.25, -0.2) is 4.79 Å². The second kappa shape index (κ2) is 7.79. The maximum absolute atomic E-state index is 12.2. The summed E-state index contributed by atoms with van der Waals surface area (Å²) < 4.78 is 20.2. The quantitative estimate of drug-likeness (QED) is 0.633. The molecule has 0 saturated heterocycles. The molecule has 134 valence electrons. The van der Waals surface area contributed by atoms with E-state index in [-0.39, 0.29) is 30.1 Å². The van der Waals surface area contributed by atoms with Crippen LogP contribution in [0.15, 0.2) is 40.1 Å². The third-order valence-electron chi connectivity index (χ3n) is 3.43. The highest BCUT2D eigenvalue weighted by Crippen LogP contribution is 2.27. The van der Waals surface area contributed by atoms with Crippen LogP contribution < -0.4 is 10.5 Å². The SMILES string of the molecule is CCOC(=O)c1cc(-c2csnn2)oc1COc1ccccc1C(N)=O. The van der Waals surface area contributed by atoms with Gasteiger partial charge in [-0.1, -0.05) is 16.6 Å². The van der Waals surface area contributed by atoms with Crippen molar-refractivity contribution in [1.82, 2.24) is 9.59 Å². The van der Waals surface area contributed by atoms with Crippen LogP contribution in [-0.2, 0) is 11.3 Å². The second-order valence-electron chi connectivity index (χ2n) is 5.11. The van der Waals surface area contributed by atoms with Gasteiger partial charge in [-0.2, -0.15) is 0 Å². The predicted octanol–water partition coefficient (Wildman–Crippen LogP) is 2.65. The summed E-state index contributed by atoms with van der Waals surface area (Å²) in [5.41, 5.74) is 6.31. The molecule has 0 unspecified atom stereocenters. The van der Waals surface area contributed by atoms with Gasteiger partial charge in [0.2, 0.25) is 0 Å². The number of para-hydroxylation sites is 1. The number of hydrogen-bond donors (Lipinski definition) is 1. The first-order chi connectivity index (χ1) is 12.6. The number of rotatable bonds is 7. The fourth-order valence-corrected chi connectivity index (χ4v) is 2.70. The molecule has 0 spiro atoms. The van der Waals surface area contributed by atoms with Crippen molar-refractivity contribution in [3.63, 3.8) is 0 Å². The van der Waals surface area contributed by atoms with Gasteiger partial charge in [-0.15, -0.1) is 5.10 Å². The Bertz CT molecular complexity index is 920. The third kappa shape index (κ3) is 3.72. The predicted molar refractivity (Wildman–Crippen MR) is 92.9 cm³/mol. The first kappa shape index (κ1) is 17.6. The molecular weight excluding hydrogens is 358 g/mol. The minimum atomic E-state index is -0.611. The molecule has 0 aliphatic carbocycles. The number of ether oxygens (including phenoxy) is 2. The van der Waals surface area contributed by atoms with Crippen LogP contribution >= 0.6 is 11.5 Å². The maximum Gasteiger partial charge on any atom is 0.341 e. The summed E-state index contributed by atoms with van der Waals surface area (Å²) in [6.45, 7) is 1.85. The summed E-state index contributed by atoms with van der Waals surface area (Å²) in [5, 5.41) is 5.62. The van der Waals surface area contributed by atoms with Gasteiger partial charge in [0, 0.05) is 11.4 Å². The topological polar surface area (TPSA) is 118 Å². The highest BCUT2D eigenvalue weighted by atomic mass is 32.1. The molecule has 0 saturated carbocycles. The molecule has 3 rings (SSSR count). The molecule has 0 radical (unpaired) electrons. The number of furan rings is 1. The van der Waals surface area contributed by atoms with Gasteiger partial charge in [0.25, 0.3) is 5.91 Å². The lowest BCUT2D eigenvalue weighted by molar-refractivity contribution is 0.0521. The van der Waals surface area contributed by atoms with E-state index in [0.29, 0.717) is 17.2 Å². The van der Waals surface area contributed by atoms with E-state index >= 15 is 0 Å². The number of aromatic nitrogens is 2. The Morgan fingerprint density at radius 2 is 2.08 bits per heavy atom. The van der Waals surface area contributed by atoms with E-state index in [9.17, 15) is 9.59 Å². The molecule has 0 aliphatic rings. The molecule has 2 N–H and O–H groups in total. The van der Waals surface area contributed by atoms with Crippen LogP contribution in [0.4, 0.5) is 0 Å². The Labute approximate surface area is 152 Å². The van der Waals surface area contributed by atoms with Crippen LogP contribution in [0.5, 0.6) is 5.75 Å². The molecule has 1 aromatic carbocycles. The number of benzene rings is 1. The molecule has 2 aromatic heterocycles.